The predicted molar refractivity (Wildman–Crippen MR) is 105 cm³/mol. The second kappa shape index (κ2) is 8.13. The number of ether oxygens (including phenoxy) is 2. The Morgan fingerprint density at radius 3 is 2.73 bits per heavy atom. The van der Waals surface area contributed by atoms with Crippen molar-refractivity contribution in [3.8, 4) is 0 Å². The zero-order valence-electron chi connectivity index (χ0n) is 14.6. The molecule has 2 aliphatic rings. The van der Waals surface area contributed by atoms with Crippen molar-refractivity contribution in [3.05, 3.63) is 45.1 Å². The van der Waals surface area contributed by atoms with Crippen molar-refractivity contribution in [1.82, 2.24) is 10.2 Å². The Labute approximate surface area is 168 Å². The standard InChI is InChI=1S/C18H20Cl2N2O3S/c1-10-14(17(23)25-9-8-24-2)16(12-4-3-5-13(19)15(12)20)21-18(26)22(10)11-6-7-11/h3-5,11,16H,6-9H2,1-2H3,(H,21,26)/t16-/m0/s1. The van der Waals surface area contributed by atoms with Gasteiger partial charge >= 0.3 is 5.97 Å². The van der Waals surface area contributed by atoms with Crippen LogP contribution in [0.4, 0.5) is 0 Å². The largest absolute Gasteiger partial charge is 0.460 e. The summed E-state index contributed by atoms with van der Waals surface area (Å²) in [5, 5.41) is 4.65. The van der Waals surface area contributed by atoms with E-state index in [1.807, 2.05) is 17.9 Å². The zero-order valence-corrected chi connectivity index (χ0v) is 16.9. The van der Waals surface area contributed by atoms with Crippen molar-refractivity contribution < 1.29 is 14.3 Å². The first-order chi connectivity index (χ1) is 12.5. The van der Waals surface area contributed by atoms with Crippen LogP contribution in [0.25, 0.3) is 0 Å². The Bertz CT molecular complexity index is 765. The number of nitrogens with one attached hydrogen (secondary N) is 1. The van der Waals surface area contributed by atoms with Crippen molar-refractivity contribution in [2.45, 2.75) is 31.8 Å². The molecule has 1 saturated carbocycles. The van der Waals surface area contributed by atoms with Crippen molar-refractivity contribution in [3.63, 3.8) is 0 Å². The van der Waals surface area contributed by atoms with E-state index in [0.29, 0.717) is 38.9 Å². The molecule has 26 heavy (non-hydrogen) atoms. The van der Waals surface area contributed by atoms with Crippen LogP contribution in [-0.2, 0) is 14.3 Å². The lowest BCUT2D eigenvalue weighted by atomic mass is 9.95. The third-order valence-corrected chi connectivity index (χ3v) is 5.62. The molecule has 3 rings (SSSR count). The highest BCUT2D eigenvalue weighted by atomic mass is 35.5. The number of carbonyl (C=O) groups excluding carboxylic acids is 1. The lowest BCUT2D eigenvalue weighted by Crippen LogP contribution is -2.48. The summed E-state index contributed by atoms with van der Waals surface area (Å²) in [7, 11) is 1.56. The average Bonchev–Trinajstić information content (AvgIpc) is 3.42. The Hall–Kier alpha value is -1.34. The minimum absolute atomic E-state index is 0.177. The van der Waals surface area contributed by atoms with E-state index < -0.39 is 12.0 Å². The predicted octanol–water partition coefficient (Wildman–Crippen LogP) is 3.85. The van der Waals surface area contributed by atoms with Crippen molar-refractivity contribution in [2.75, 3.05) is 20.3 Å². The second-order valence-corrected chi connectivity index (χ2v) is 7.43. The summed E-state index contributed by atoms with van der Waals surface area (Å²) >= 11 is 18.1. The summed E-state index contributed by atoms with van der Waals surface area (Å²) in [5.41, 5.74) is 1.97. The second-order valence-electron chi connectivity index (χ2n) is 6.25. The Morgan fingerprint density at radius 1 is 1.35 bits per heavy atom. The molecule has 0 amide bonds. The molecule has 0 saturated heterocycles. The van der Waals surface area contributed by atoms with Crippen LogP contribution in [-0.4, -0.2) is 42.3 Å². The van der Waals surface area contributed by atoms with Crippen molar-refractivity contribution in [1.29, 1.82) is 0 Å². The number of esters is 1. The van der Waals surface area contributed by atoms with E-state index >= 15 is 0 Å². The lowest BCUT2D eigenvalue weighted by Gasteiger charge is -2.38. The number of nitrogens with zero attached hydrogens (tertiary/aromatic N) is 1. The molecule has 1 aromatic rings. The molecule has 0 aromatic heterocycles. The fourth-order valence-corrected chi connectivity index (χ4v) is 3.89. The van der Waals surface area contributed by atoms with Crippen LogP contribution in [0, 0.1) is 0 Å². The maximum Gasteiger partial charge on any atom is 0.338 e. The number of methoxy groups -OCH3 is 1. The number of carbonyl (C=O) groups is 1. The number of rotatable bonds is 6. The topological polar surface area (TPSA) is 50.8 Å². The van der Waals surface area contributed by atoms with Crippen molar-refractivity contribution in [2.24, 2.45) is 0 Å². The van der Waals surface area contributed by atoms with Gasteiger partial charge in [-0.2, -0.15) is 0 Å². The van der Waals surface area contributed by atoms with E-state index in [4.69, 9.17) is 44.9 Å². The average molecular weight is 415 g/mol. The molecule has 0 bridgehead atoms. The van der Waals surface area contributed by atoms with Gasteiger partial charge < -0.3 is 19.7 Å². The number of benzene rings is 1. The molecule has 5 nitrogen and oxygen atoms in total. The number of hydrogen-bond acceptors (Lipinski definition) is 4. The van der Waals surface area contributed by atoms with Gasteiger partial charge in [-0.15, -0.1) is 0 Å². The minimum atomic E-state index is -0.515. The molecule has 1 atom stereocenters. The number of hydrogen-bond donors (Lipinski definition) is 1. The molecule has 140 valence electrons. The first kappa shape index (κ1) is 19.4. The maximum absolute atomic E-state index is 12.8. The van der Waals surface area contributed by atoms with Gasteiger partial charge in [0.15, 0.2) is 5.11 Å². The number of thiocarbonyl (C=S) groups is 1. The Kier molecular flexibility index (Phi) is 6.07. The molecule has 1 N–H and O–H groups in total. The van der Waals surface area contributed by atoms with E-state index in [9.17, 15) is 4.79 Å². The maximum atomic E-state index is 12.8. The molecular weight excluding hydrogens is 395 g/mol. The van der Waals surface area contributed by atoms with E-state index in [2.05, 4.69) is 5.32 Å². The van der Waals surface area contributed by atoms with E-state index in [0.717, 1.165) is 18.5 Å². The monoisotopic (exact) mass is 414 g/mol. The van der Waals surface area contributed by atoms with Gasteiger partial charge in [-0.1, -0.05) is 35.3 Å². The van der Waals surface area contributed by atoms with Crippen LogP contribution in [0.5, 0.6) is 0 Å². The molecule has 1 aliphatic heterocycles. The summed E-state index contributed by atoms with van der Waals surface area (Å²) in [5.74, 6) is -0.416. The molecule has 1 aliphatic carbocycles. The molecule has 0 spiro atoms. The fourth-order valence-electron chi connectivity index (χ4n) is 3.07. The summed E-state index contributed by atoms with van der Waals surface area (Å²) in [6.45, 7) is 2.40. The highest BCUT2D eigenvalue weighted by molar-refractivity contribution is 7.80. The van der Waals surface area contributed by atoms with Gasteiger partial charge in [0, 0.05) is 18.8 Å². The summed E-state index contributed by atoms with van der Waals surface area (Å²) < 4.78 is 10.4. The van der Waals surface area contributed by atoms with Crippen LogP contribution in [0.15, 0.2) is 29.5 Å². The smallest absolute Gasteiger partial charge is 0.338 e. The number of allylic oxidation sites excluding steroid dienone is 1. The molecule has 1 fully saturated rings. The minimum Gasteiger partial charge on any atom is -0.460 e. The SMILES string of the molecule is COCCOC(=O)C1=C(C)N(C2CC2)C(=S)N[C@H]1c1cccc(Cl)c1Cl. The highest BCUT2D eigenvalue weighted by Crippen LogP contribution is 2.40. The normalized spacial score (nSPS) is 20.2. The van der Waals surface area contributed by atoms with E-state index in [1.54, 1.807) is 19.2 Å². The van der Waals surface area contributed by atoms with E-state index in [1.165, 1.54) is 0 Å². The van der Waals surface area contributed by atoms with E-state index in [-0.39, 0.29) is 6.61 Å². The Balaban J connectivity index is 2.02. The van der Waals surface area contributed by atoms with Crippen LogP contribution in [0.1, 0.15) is 31.4 Å². The molecular formula is C18H20Cl2N2O3S. The molecule has 0 radical (unpaired) electrons. The van der Waals surface area contributed by atoms with Crippen LogP contribution in [0.3, 0.4) is 0 Å². The quantitative estimate of drug-likeness (QED) is 0.433. The summed E-state index contributed by atoms with van der Waals surface area (Å²) in [4.78, 5) is 14.8. The summed E-state index contributed by atoms with van der Waals surface area (Å²) in [6.07, 6.45) is 2.10. The molecule has 1 heterocycles. The number of halogens is 2. The fraction of sp³-hybridized carbons (Fsp3) is 0.444. The Morgan fingerprint density at radius 2 is 2.08 bits per heavy atom. The molecule has 0 unspecified atom stereocenters. The first-order valence-electron chi connectivity index (χ1n) is 8.36. The highest BCUT2D eigenvalue weighted by Gasteiger charge is 2.41. The third kappa shape index (κ3) is 3.83. The van der Waals surface area contributed by atoms with Gasteiger partial charge in [0.1, 0.15) is 6.61 Å². The first-order valence-corrected chi connectivity index (χ1v) is 9.52. The molecule has 8 heteroatoms. The van der Waals surface area contributed by atoms with Gasteiger partial charge in [0.25, 0.3) is 0 Å². The zero-order chi connectivity index (χ0) is 18.8. The summed E-state index contributed by atoms with van der Waals surface area (Å²) in [6, 6.07) is 5.14. The van der Waals surface area contributed by atoms with Gasteiger partial charge in [-0.25, -0.2) is 4.79 Å². The van der Waals surface area contributed by atoms with Gasteiger partial charge in [0.2, 0.25) is 0 Å². The van der Waals surface area contributed by atoms with Gasteiger partial charge in [0.05, 0.1) is 28.3 Å². The van der Waals surface area contributed by atoms with Gasteiger partial charge in [-0.3, -0.25) is 0 Å². The third-order valence-electron chi connectivity index (χ3n) is 4.47. The lowest BCUT2D eigenvalue weighted by molar-refractivity contribution is -0.140. The molecule has 1 aromatic carbocycles. The van der Waals surface area contributed by atoms with Crippen molar-refractivity contribution >= 4 is 46.5 Å². The van der Waals surface area contributed by atoms with Crippen LogP contribution < -0.4 is 5.32 Å². The van der Waals surface area contributed by atoms with Crippen LogP contribution in [0.2, 0.25) is 10.0 Å². The van der Waals surface area contributed by atoms with Gasteiger partial charge in [-0.05, 0) is 43.6 Å². The van der Waals surface area contributed by atoms with Crippen LogP contribution >= 0.6 is 35.4 Å².